The first-order valence-corrected chi connectivity index (χ1v) is 10.3. The van der Waals surface area contributed by atoms with Crippen LogP contribution in [0.1, 0.15) is 16.8 Å². The van der Waals surface area contributed by atoms with Gasteiger partial charge in [-0.1, -0.05) is 24.3 Å². The van der Waals surface area contributed by atoms with Gasteiger partial charge < -0.3 is 5.32 Å². The Hall–Kier alpha value is -3.26. The summed E-state index contributed by atoms with van der Waals surface area (Å²) in [4.78, 5) is 16.0. The molecule has 0 spiro atoms. The molecule has 1 heterocycles. The summed E-state index contributed by atoms with van der Waals surface area (Å²) in [6, 6.07) is 13.9. The maximum absolute atomic E-state index is 14.4. The molecule has 3 rings (SSSR count). The fourth-order valence-electron chi connectivity index (χ4n) is 2.78. The van der Waals surface area contributed by atoms with Crippen molar-refractivity contribution in [1.82, 2.24) is 4.98 Å². The van der Waals surface area contributed by atoms with Gasteiger partial charge in [0.15, 0.2) is 0 Å². The number of amides is 1. The van der Waals surface area contributed by atoms with Gasteiger partial charge in [-0.25, -0.2) is 12.8 Å². The number of anilines is 2. The van der Waals surface area contributed by atoms with Crippen LogP contribution in [0.2, 0.25) is 0 Å². The van der Waals surface area contributed by atoms with Crippen molar-refractivity contribution in [2.24, 2.45) is 0 Å². The number of pyridine rings is 1. The van der Waals surface area contributed by atoms with Gasteiger partial charge in [-0.3, -0.25) is 14.5 Å². The summed E-state index contributed by atoms with van der Waals surface area (Å²) in [5, 5.41) is 2.66. The average Bonchev–Trinajstić information content (AvgIpc) is 2.66. The smallest absolute Gasteiger partial charge is 0.264 e. The van der Waals surface area contributed by atoms with Gasteiger partial charge in [0.1, 0.15) is 10.7 Å². The molecule has 0 radical (unpaired) electrons. The molecule has 0 bridgehead atoms. The predicted molar refractivity (Wildman–Crippen MR) is 110 cm³/mol. The number of carbonyl (C=O) groups is 1. The molecule has 0 aliphatic carbocycles. The Balaban J connectivity index is 1.85. The van der Waals surface area contributed by atoms with E-state index < -0.39 is 20.7 Å². The Bertz CT molecular complexity index is 1150. The van der Waals surface area contributed by atoms with Gasteiger partial charge in [0.25, 0.3) is 10.0 Å². The molecule has 29 heavy (non-hydrogen) atoms. The zero-order valence-electron chi connectivity index (χ0n) is 15.9. The van der Waals surface area contributed by atoms with Crippen LogP contribution >= 0.6 is 0 Å². The highest BCUT2D eigenvalue weighted by Crippen LogP contribution is 2.26. The lowest BCUT2D eigenvalue weighted by atomic mass is 10.1. The number of hydrogen-bond acceptors (Lipinski definition) is 4. The molecule has 8 heteroatoms. The van der Waals surface area contributed by atoms with Crippen molar-refractivity contribution >= 4 is 27.3 Å². The van der Waals surface area contributed by atoms with E-state index in [0.717, 1.165) is 23.4 Å². The van der Waals surface area contributed by atoms with E-state index in [9.17, 15) is 17.6 Å². The molecule has 1 amide bonds. The molecule has 2 N–H and O–H groups in total. The lowest BCUT2D eigenvalue weighted by molar-refractivity contribution is -0.115. The van der Waals surface area contributed by atoms with Crippen LogP contribution in [0.15, 0.2) is 65.7 Å². The molecule has 150 valence electrons. The lowest BCUT2D eigenvalue weighted by Crippen LogP contribution is -2.18. The molecule has 0 aliphatic heterocycles. The molecule has 0 fully saturated rings. The summed E-state index contributed by atoms with van der Waals surface area (Å²) < 4.78 is 42.0. The van der Waals surface area contributed by atoms with Crippen LogP contribution < -0.4 is 10.0 Å². The van der Waals surface area contributed by atoms with Crippen molar-refractivity contribution in [3.8, 4) is 0 Å². The second-order valence-corrected chi connectivity index (χ2v) is 8.19. The van der Waals surface area contributed by atoms with E-state index in [4.69, 9.17) is 0 Å². The van der Waals surface area contributed by atoms with Crippen LogP contribution in [0.5, 0.6) is 0 Å². The molecular weight excluding hydrogens is 393 g/mol. The van der Waals surface area contributed by atoms with Gasteiger partial charge in [-0.15, -0.1) is 0 Å². The maximum Gasteiger partial charge on any atom is 0.264 e. The van der Waals surface area contributed by atoms with Crippen molar-refractivity contribution in [1.29, 1.82) is 0 Å². The fraction of sp³-hybridized carbons (Fsp3) is 0.143. The first-order chi connectivity index (χ1) is 13.8. The topological polar surface area (TPSA) is 88.2 Å². The van der Waals surface area contributed by atoms with Crippen LogP contribution in [-0.2, 0) is 21.2 Å². The fourth-order valence-corrected chi connectivity index (χ4v) is 3.93. The summed E-state index contributed by atoms with van der Waals surface area (Å²) in [5.74, 6) is -1.25. The van der Waals surface area contributed by atoms with Gasteiger partial charge in [0, 0.05) is 23.3 Å². The minimum absolute atomic E-state index is 0.0703. The van der Waals surface area contributed by atoms with E-state index >= 15 is 0 Å². The number of sulfonamides is 1. The summed E-state index contributed by atoms with van der Waals surface area (Å²) >= 11 is 0. The number of aromatic nitrogens is 1. The van der Waals surface area contributed by atoms with E-state index in [1.54, 1.807) is 62.5 Å². The molecule has 3 aromatic rings. The highest BCUT2D eigenvalue weighted by molar-refractivity contribution is 7.92. The molecule has 0 aliphatic rings. The highest BCUT2D eigenvalue weighted by atomic mass is 32.2. The van der Waals surface area contributed by atoms with Crippen LogP contribution in [0.3, 0.4) is 0 Å². The average molecular weight is 413 g/mol. The molecule has 0 saturated carbocycles. The Kier molecular flexibility index (Phi) is 5.93. The summed E-state index contributed by atoms with van der Waals surface area (Å²) in [5.41, 5.74) is 2.44. The third-order valence-corrected chi connectivity index (χ3v) is 5.73. The lowest BCUT2D eigenvalue weighted by Gasteiger charge is -2.14. The van der Waals surface area contributed by atoms with Gasteiger partial charge in [0.2, 0.25) is 5.91 Å². The molecule has 0 atom stereocenters. The van der Waals surface area contributed by atoms with Crippen molar-refractivity contribution < 1.29 is 17.6 Å². The zero-order chi connectivity index (χ0) is 21.0. The molecule has 6 nitrogen and oxygen atoms in total. The largest absolute Gasteiger partial charge is 0.326 e. The number of nitrogens with zero attached hydrogens (tertiary/aromatic N) is 1. The van der Waals surface area contributed by atoms with Crippen LogP contribution in [-0.4, -0.2) is 19.3 Å². The summed E-state index contributed by atoms with van der Waals surface area (Å²) in [7, 11) is -4.17. The Morgan fingerprint density at radius 2 is 1.79 bits per heavy atom. The Labute approximate surface area is 168 Å². The van der Waals surface area contributed by atoms with Crippen molar-refractivity contribution in [3.05, 3.63) is 83.4 Å². The number of rotatable bonds is 6. The SMILES string of the molecule is Cc1cc(F)c(S(=O)(=O)Nc2ccccc2)cc1NC(=O)Cc1cccnc1C. The van der Waals surface area contributed by atoms with Crippen molar-refractivity contribution in [2.45, 2.75) is 25.2 Å². The summed E-state index contributed by atoms with van der Waals surface area (Å²) in [6.45, 7) is 3.39. The second kappa shape index (κ2) is 8.40. The minimum Gasteiger partial charge on any atom is -0.326 e. The standard InChI is InChI=1S/C21H20FN3O3S/c1-14-11-18(22)20(29(27,28)25-17-8-4-3-5-9-17)13-19(14)24-21(26)12-16-7-6-10-23-15(16)2/h3-11,13,25H,12H2,1-2H3,(H,24,26). The van der Waals surface area contributed by atoms with Crippen LogP contribution in [0.25, 0.3) is 0 Å². The van der Waals surface area contributed by atoms with E-state index in [0.29, 0.717) is 11.3 Å². The Morgan fingerprint density at radius 1 is 1.07 bits per heavy atom. The van der Waals surface area contributed by atoms with E-state index in [1.165, 1.54) is 0 Å². The number of halogens is 1. The van der Waals surface area contributed by atoms with Gasteiger partial charge in [0.05, 0.1) is 6.42 Å². The number of carbonyl (C=O) groups excluding carboxylic acids is 1. The first-order valence-electron chi connectivity index (χ1n) is 8.84. The number of aryl methyl sites for hydroxylation is 2. The molecule has 0 saturated heterocycles. The van der Waals surface area contributed by atoms with E-state index in [-0.39, 0.29) is 18.0 Å². The van der Waals surface area contributed by atoms with Crippen molar-refractivity contribution in [2.75, 3.05) is 10.0 Å². The van der Waals surface area contributed by atoms with Crippen LogP contribution in [0, 0.1) is 19.7 Å². The number of hydrogen-bond donors (Lipinski definition) is 2. The summed E-state index contributed by atoms with van der Waals surface area (Å²) in [6.07, 6.45) is 1.71. The minimum atomic E-state index is -4.17. The third-order valence-electron chi connectivity index (χ3n) is 4.34. The second-order valence-electron chi connectivity index (χ2n) is 6.54. The van der Waals surface area contributed by atoms with Gasteiger partial charge in [-0.2, -0.15) is 0 Å². The van der Waals surface area contributed by atoms with E-state index in [2.05, 4.69) is 15.0 Å². The first kappa shape index (κ1) is 20.5. The molecule has 0 unspecified atom stereocenters. The molecule has 1 aromatic heterocycles. The molecular formula is C21H20FN3O3S. The Morgan fingerprint density at radius 3 is 2.48 bits per heavy atom. The molecule has 2 aromatic carbocycles. The van der Waals surface area contributed by atoms with Gasteiger partial charge >= 0.3 is 0 Å². The highest BCUT2D eigenvalue weighted by Gasteiger charge is 2.22. The van der Waals surface area contributed by atoms with Crippen molar-refractivity contribution in [3.63, 3.8) is 0 Å². The maximum atomic E-state index is 14.4. The normalized spacial score (nSPS) is 11.1. The quantitative estimate of drug-likeness (QED) is 0.643. The number of benzene rings is 2. The van der Waals surface area contributed by atoms with Crippen LogP contribution in [0.4, 0.5) is 15.8 Å². The predicted octanol–water partition coefficient (Wildman–Crippen LogP) is 3.82. The van der Waals surface area contributed by atoms with Gasteiger partial charge in [-0.05, 0) is 55.3 Å². The zero-order valence-corrected chi connectivity index (χ0v) is 16.8. The number of nitrogens with one attached hydrogen (secondary N) is 2. The van der Waals surface area contributed by atoms with E-state index in [1.807, 2.05) is 0 Å². The monoisotopic (exact) mass is 413 g/mol. The number of para-hydroxylation sites is 1. The third kappa shape index (κ3) is 4.97.